The van der Waals surface area contributed by atoms with Crippen LogP contribution in [0.5, 0.6) is 5.75 Å². The second kappa shape index (κ2) is 8.58. The monoisotopic (exact) mass is 443 g/mol. The lowest BCUT2D eigenvalue weighted by atomic mass is 9.89. The predicted molar refractivity (Wildman–Crippen MR) is 122 cm³/mol. The van der Waals surface area contributed by atoms with Gasteiger partial charge in [-0.2, -0.15) is 0 Å². The minimum atomic E-state index is -0.602. The van der Waals surface area contributed by atoms with E-state index in [0.717, 1.165) is 38.9 Å². The molecule has 9 heteroatoms. The average Bonchev–Trinajstić information content (AvgIpc) is 3.52. The molecule has 1 saturated heterocycles. The lowest BCUT2D eigenvalue weighted by molar-refractivity contribution is 0.192. The summed E-state index contributed by atoms with van der Waals surface area (Å²) in [5, 5.41) is 0.132. The number of hydrogen-bond donors (Lipinski definition) is 1. The molecule has 1 aliphatic heterocycles. The van der Waals surface area contributed by atoms with Gasteiger partial charge in [0.2, 0.25) is 6.54 Å². The zero-order valence-corrected chi connectivity index (χ0v) is 18.9. The zero-order chi connectivity index (χ0) is 23.0. The van der Waals surface area contributed by atoms with Crippen LogP contribution in [0, 0.1) is 17.8 Å². The van der Waals surface area contributed by atoms with E-state index < -0.39 is 17.1 Å². The van der Waals surface area contributed by atoms with E-state index in [0.29, 0.717) is 30.8 Å². The lowest BCUT2D eigenvalue weighted by Gasteiger charge is -2.31. The summed E-state index contributed by atoms with van der Waals surface area (Å²) < 4.78 is 22.6. The number of rotatable bonds is 8. The maximum absolute atomic E-state index is 15.4. The van der Waals surface area contributed by atoms with Gasteiger partial charge < -0.3 is 14.5 Å². The first-order valence-electron chi connectivity index (χ1n) is 11.2. The first-order valence-corrected chi connectivity index (χ1v) is 11.2. The van der Waals surface area contributed by atoms with Gasteiger partial charge in [0.1, 0.15) is 11.2 Å². The number of halogens is 1. The largest absolute Gasteiger partial charge is 0.492 e. The quantitative estimate of drug-likeness (QED) is 0.635. The molecule has 2 heterocycles. The van der Waals surface area contributed by atoms with Gasteiger partial charge >= 0.3 is 5.69 Å². The molecule has 1 unspecified atom stereocenters. The first-order chi connectivity index (χ1) is 15.3. The molecule has 2 aliphatic rings. The van der Waals surface area contributed by atoms with Gasteiger partial charge in [0.15, 0.2) is 11.6 Å². The Balaban J connectivity index is 1.75. The van der Waals surface area contributed by atoms with E-state index in [1.54, 1.807) is 4.57 Å². The Labute approximate surface area is 186 Å². The molecule has 2 aromatic rings. The number of fused-ring (bicyclic) bond motifs is 1. The fourth-order valence-electron chi connectivity index (χ4n) is 4.94. The SMILES string of the molecule is [C-]#[N+]CCN(CC)CC1(C)CCN(c2c(F)cc3c(=O)[nH]c(=O)n(C4CC4)c3c2OC)C1. The molecule has 0 spiro atoms. The molecule has 0 bridgehead atoms. The Morgan fingerprint density at radius 1 is 1.41 bits per heavy atom. The highest BCUT2D eigenvalue weighted by Crippen LogP contribution is 2.44. The van der Waals surface area contributed by atoms with Crippen molar-refractivity contribution in [1.29, 1.82) is 0 Å². The molecule has 1 N–H and O–H groups in total. The maximum Gasteiger partial charge on any atom is 0.329 e. The number of H-pyrrole nitrogens is 1. The molecule has 1 aromatic heterocycles. The maximum atomic E-state index is 15.4. The van der Waals surface area contributed by atoms with Crippen LogP contribution in [0.2, 0.25) is 0 Å². The van der Waals surface area contributed by atoms with Gasteiger partial charge in [0.25, 0.3) is 5.56 Å². The number of nitrogens with one attached hydrogen (secondary N) is 1. The Kier molecular flexibility index (Phi) is 5.99. The zero-order valence-electron chi connectivity index (χ0n) is 18.9. The van der Waals surface area contributed by atoms with Crippen LogP contribution in [0.1, 0.15) is 39.2 Å². The van der Waals surface area contributed by atoms with E-state index in [-0.39, 0.29) is 22.6 Å². The molecule has 0 radical (unpaired) electrons. The summed E-state index contributed by atoms with van der Waals surface area (Å²) in [7, 11) is 1.46. The number of aromatic amines is 1. The van der Waals surface area contributed by atoms with Gasteiger partial charge in [0.05, 0.1) is 19.0 Å². The van der Waals surface area contributed by atoms with E-state index in [4.69, 9.17) is 11.3 Å². The normalized spacial score (nSPS) is 20.8. The summed E-state index contributed by atoms with van der Waals surface area (Å²) >= 11 is 0. The van der Waals surface area contributed by atoms with Gasteiger partial charge in [-0.15, -0.1) is 0 Å². The number of methoxy groups -OCH3 is 1. The second-order valence-corrected chi connectivity index (χ2v) is 9.23. The van der Waals surface area contributed by atoms with Crippen LogP contribution >= 0.6 is 0 Å². The molecule has 2 fully saturated rings. The fraction of sp³-hybridized carbons (Fsp3) is 0.609. The van der Waals surface area contributed by atoms with E-state index in [1.165, 1.54) is 13.2 Å². The molecule has 32 heavy (non-hydrogen) atoms. The summed E-state index contributed by atoms with van der Waals surface area (Å²) in [6.07, 6.45) is 2.55. The van der Waals surface area contributed by atoms with Gasteiger partial charge in [0, 0.05) is 25.7 Å². The highest BCUT2D eigenvalue weighted by molar-refractivity contribution is 5.91. The molecule has 1 atom stereocenters. The molecular weight excluding hydrogens is 413 g/mol. The minimum absolute atomic E-state index is 0.00142. The van der Waals surface area contributed by atoms with Gasteiger partial charge in [-0.3, -0.25) is 19.2 Å². The minimum Gasteiger partial charge on any atom is -0.492 e. The molecule has 4 rings (SSSR count). The number of hydrogen-bond acceptors (Lipinski definition) is 5. The molecule has 0 amide bonds. The Bertz CT molecular complexity index is 1180. The summed E-state index contributed by atoms with van der Waals surface area (Å²) in [6, 6.07) is 1.23. The van der Waals surface area contributed by atoms with Crippen LogP contribution in [0.15, 0.2) is 15.7 Å². The Morgan fingerprint density at radius 2 is 2.16 bits per heavy atom. The third kappa shape index (κ3) is 3.99. The average molecular weight is 444 g/mol. The smallest absolute Gasteiger partial charge is 0.329 e. The summed E-state index contributed by atoms with van der Waals surface area (Å²) in [4.78, 5) is 35.1. The van der Waals surface area contributed by atoms with Gasteiger partial charge in [-0.1, -0.05) is 13.8 Å². The van der Waals surface area contributed by atoms with Crippen molar-refractivity contribution in [2.45, 2.75) is 39.2 Å². The van der Waals surface area contributed by atoms with Crippen molar-refractivity contribution in [3.63, 3.8) is 0 Å². The van der Waals surface area contributed by atoms with Crippen LogP contribution in [-0.2, 0) is 0 Å². The fourth-order valence-corrected chi connectivity index (χ4v) is 4.94. The third-order valence-corrected chi connectivity index (χ3v) is 6.68. The number of nitrogens with zero attached hydrogens (tertiary/aromatic N) is 4. The van der Waals surface area contributed by atoms with Crippen molar-refractivity contribution in [1.82, 2.24) is 14.5 Å². The molecule has 1 saturated carbocycles. The predicted octanol–water partition coefficient (Wildman–Crippen LogP) is 2.63. The van der Waals surface area contributed by atoms with E-state index in [1.807, 2.05) is 4.90 Å². The highest BCUT2D eigenvalue weighted by Gasteiger charge is 2.38. The lowest BCUT2D eigenvalue weighted by Crippen LogP contribution is -2.39. The number of aromatic nitrogens is 2. The van der Waals surface area contributed by atoms with E-state index in [2.05, 4.69) is 28.6 Å². The van der Waals surface area contributed by atoms with E-state index >= 15 is 4.39 Å². The molecule has 172 valence electrons. The van der Waals surface area contributed by atoms with Crippen molar-refractivity contribution in [2.24, 2.45) is 5.41 Å². The highest BCUT2D eigenvalue weighted by atomic mass is 19.1. The summed E-state index contributed by atoms with van der Waals surface area (Å²) in [6.45, 7) is 15.5. The van der Waals surface area contributed by atoms with Crippen LogP contribution in [0.3, 0.4) is 0 Å². The van der Waals surface area contributed by atoms with E-state index in [9.17, 15) is 9.59 Å². The molecular formula is C23H30FN5O3. The first kappa shape index (κ1) is 22.3. The van der Waals surface area contributed by atoms with Gasteiger partial charge in [-0.25, -0.2) is 15.8 Å². The van der Waals surface area contributed by atoms with Crippen molar-refractivity contribution >= 4 is 16.6 Å². The number of likely N-dealkylation sites (N-methyl/N-ethyl adjacent to an activating group) is 1. The van der Waals surface area contributed by atoms with Crippen LogP contribution < -0.4 is 20.9 Å². The van der Waals surface area contributed by atoms with Crippen molar-refractivity contribution in [3.05, 3.63) is 44.1 Å². The topological polar surface area (TPSA) is 74.9 Å². The number of ether oxygens (including phenoxy) is 1. The second-order valence-electron chi connectivity index (χ2n) is 9.23. The Morgan fingerprint density at radius 3 is 2.78 bits per heavy atom. The molecule has 1 aromatic carbocycles. The van der Waals surface area contributed by atoms with Crippen LogP contribution in [0.4, 0.5) is 10.1 Å². The van der Waals surface area contributed by atoms with Crippen LogP contribution in [0.25, 0.3) is 15.7 Å². The van der Waals surface area contributed by atoms with Gasteiger partial charge in [-0.05, 0) is 37.3 Å². The molecule has 1 aliphatic carbocycles. The van der Waals surface area contributed by atoms with Crippen molar-refractivity contribution < 1.29 is 9.13 Å². The third-order valence-electron chi connectivity index (χ3n) is 6.68. The summed E-state index contributed by atoms with van der Waals surface area (Å²) in [5.41, 5.74) is -0.469. The van der Waals surface area contributed by atoms with Crippen LogP contribution in [-0.4, -0.2) is 60.8 Å². The van der Waals surface area contributed by atoms with Crippen molar-refractivity contribution in [3.8, 4) is 5.75 Å². The number of benzene rings is 1. The summed E-state index contributed by atoms with van der Waals surface area (Å²) in [5.74, 6) is -0.273. The number of anilines is 1. The van der Waals surface area contributed by atoms with Crippen molar-refractivity contribution in [2.75, 3.05) is 51.3 Å². The Hall–Kier alpha value is -2.86. The standard InChI is InChI=1S/C23H30FN5O3/c1-5-27(11-9-25-3)13-23(2)8-10-28(14-23)19-17(24)12-16-18(20(19)32-4)29(15-6-7-15)22(31)26-21(16)30/h12,15H,5-11,13-14H2,1-2,4H3,(H,26,30,31). The molecule has 8 nitrogen and oxygen atoms in total.